The summed E-state index contributed by atoms with van der Waals surface area (Å²) in [7, 11) is 0. The zero-order valence-electron chi connectivity index (χ0n) is 49.6. The third kappa shape index (κ3) is 7.70. The molecule has 402 valence electrons. The SMILES string of the molecule is CC(C)(C)c1ccc(N2c3ccc(C(C)(C)C)cc3B3c4oc5cc6c(cc5c4N(c4ccc5c(c4)C(C)(C)CCC5(C)C)c4cc(N(c5ccccc5)c5ccc7oc8ccccc8c7c5)cc2c43)C(C)(C)CCC6(C)C)cc1. The molecule has 8 aromatic carbocycles. The first-order chi connectivity index (χ1) is 37.9. The zero-order chi connectivity index (χ0) is 55.8. The Labute approximate surface area is 474 Å². The van der Waals surface area contributed by atoms with Crippen molar-refractivity contribution < 1.29 is 8.83 Å². The van der Waals surface area contributed by atoms with Gasteiger partial charge in [0.2, 0.25) is 0 Å². The van der Waals surface area contributed by atoms with Crippen LogP contribution in [-0.4, -0.2) is 6.71 Å². The van der Waals surface area contributed by atoms with Gasteiger partial charge in [0, 0.05) is 56.0 Å². The van der Waals surface area contributed by atoms with Gasteiger partial charge < -0.3 is 23.5 Å². The Morgan fingerprint density at radius 1 is 0.412 bits per heavy atom. The van der Waals surface area contributed by atoms with Crippen LogP contribution < -0.4 is 31.3 Å². The first-order valence-electron chi connectivity index (χ1n) is 29.4. The highest BCUT2D eigenvalue weighted by atomic mass is 16.3. The molecule has 0 saturated heterocycles. The van der Waals surface area contributed by atoms with E-state index in [-0.39, 0.29) is 39.2 Å². The molecule has 0 unspecified atom stereocenters. The van der Waals surface area contributed by atoms with E-state index < -0.39 is 0 Å². The molecular formula is C74H76BN3O2. The van der Waals surface area contributed by atoms with Crippen molar-refractivity contribution in [1.82, 2.24) is 0 Å². The summed E-state index contributed by atoms with van der Waals surface area (Å²) in [5, 5.41) is 3.37. The molecule has 0 bridgehead atoms. The van der Waals surface area contributed by atoms with E-state index >= 15 is 0 Å². The van der Waals surface area contributed by atoms with Crippen molar-refractivity contribution in [2.45, 2.75) is 155 Å². The maximum atomic E-state index is 7.79. The van der Waals surface area contributed by atoms with E-state index in [1.54, 1.807) is 0 Å². The molecule has 4 heterocycles. The quantitative estimate of drug-likeness (QED) is 0.161. The molecule has 0 radical (unpaired) electrons. The summed E-state index contributed by atoms with van der Waals surface area (Å²) in [5.74, 6) is 0. The molecule has 5 nitrogen and oxygen atoms in total. The van der Waals surface area contributed by atoms with Crippen molar-refractivity contribution >= 4 is 107 Å². The normalized spacial score (nSPS) is 17.5. The highest BCUT2D eigenvalue weighted by molar-refractivity contribution is 7.00. The van der Waals surface area contributed by atoms with Crippen molar-refractivity contribution in [2.24, 2.45) is 0 Å². The topological polar surface area (TPSA) is 36.0 Å². The second kappa shape index (κ2) is 17.1. The van der Waals surface area contributed by atoms with Gasteiger partial charge in [-0.05, 0) is 193 Å². The fourth-order valence-corrected chi connectivity index (χ4v) is 14.4. The van der Waals surface area contributed by atoms with Gasteiger partial charge in [0.1, 0.15) is 16.7 Å². The molecule has 0 saturated carbocycles. The van der Waals surface area contributed by atoms with Gasteiger partial charge in [0.15, 0.2) is 0 Å². The Kier molecular flexibility index (Phi) is 10.8. The summed E-state index contributed by atoms with van der Waals surface area (Å²) in [6.45, 7) is 33.3. The number of para-hydroxylation sites is 2. The summed E-state index contributed by atoms with van der Waals surface area (Å²) < 4.78 is 14.3. The van der Waals surface area contributed by atoms with Crippen molar-refractivity contribution in [1.29, 1.82) is 0 Å². The van der Waals surface area contributed by atoms with E-state index in [1.807, 2.05) is 0 Å². The highest BCUT2D eigenvalue weighted by Gasteiger charge is 2.49. The minimum atomic E-state index is -0.222. The molecule has 2 aromatic heterocycles. The van der Waals surface area contributed by atoms with Gasteiger partial charge in [-0.25, -0.2) is 0 Å². The number of hydrogen-bond donors (Lipinski definition) is 0. The molecule has 6 heteroatoms. The summed E-state index contributed by atoms with van der Waals surface area (Å²) in [6, 6.07) is 60.2. The molecule has 0 atom stereocenters. The molecule has 0 N–H and O–H groups in total. The van der Waals surface area contributed by atoms with E-state index in [4.69, 9.17) is 8.83 Å². The third-order valence-electron chi connectivity index (χ3n) is 19.5. The number of rotatable bonds is 5. The van der Waals surface area contributed by atoms with Crippen LogP contribution in [0.2, 0.25) is 0 Å². The summed E-state index contributed by atoms with van der Waals surface area (Å²) >= 11 is 0. The van der Waals surface area contributed by atoms with Crippen LogP contribution in [0.5, 0.6) is 0 Å². The van der Waals surface area contributed by atoms with Crippen molar-refractivity contribution in [3.63, 3.8) is 0 Å². The predicted octanol–water partition coefficient (Wildman–Crippen LogP) is 19.2. The average Bonchev–Trinajstić information content (AvgIpc) is 2.01. The average molecular weight is 1050 g/mol. The van der Waals surface area contributed by atoms with Gasteiger partial charge in [-0.2, -0.15) is 0 Å². The number of hydrogen-bond acceptors (Lipinski definition) is 5. The van der Waals surface area contributed by atoms with E-state index in [1.165, 1.54) is 55.4 Å². The van der Waals surface area contributed by atoms with Crippen LogP contribution in [0.3, 0.4) is 0 Å². The van der Waals surface area contributed by atoms with Gasteiger partial charge in [-0.1, -0.05) is 164 Å². The Morgan fingerprint density at radius 2 is 0.988 bits per heavy atom. The van der Waals surface area contributed by atoms with Crippen LogP contribution in [-0.2, 0) is 32.5 Å². The maximum absolute atomic E-state index is 7.79. The van der Waals surface area contributed by atoms with Crippen molar-refractivity contribution in [3.8, 4) is 0 Å². The monoisotopic (exact) mass is 1050 g/mol. The summed E-state index contributed by atoms with van der Waals surface area (Å²) in [5.41, 5.74) is 24.5. The lowest BCUT2D eigenvalue weighted by Gasteiger charge is -2.45. The highest BCUT2D eigenvalue weighted by Crippen LogP contribution is 2.55. The first-order valence-corrected chi connectivity index (χ1v) is 29.4. The molecule has 10 aromatic rings. The molecule has 4 aliphatic rings. The Bertz CT molecular complexity index is 4180. The Morgan fingerprint density at radius 3 is 1.66 bits per heavy atom. The summed E-state index contributed by atoms with van der Waals surface area (Å²) in [6.07, 6.45) is 4.53. The van der Waals surface area contributed by atoms with Gasteiger partial charge >= 0.3 is 0 Å². The Hall–Kier alpha value is -7.44. The fourth-order valence-electron chi connectivity index (χ4n) is 14.4. The number of fused-ring (bicyclic) bond motifs is 11. The molecule has 80 heavy (non-hydrogen) atoms. The lowest BCUT2D eigenvalue weighted by molar-refractivity contribution is 0.332. The van der Waals surface area contributed by atoms with Crippen LogP contribution in [0.15, 0.2) is 167 Å². The third-order valence-corrected chi connectivity index (χ3v) is 19.5. The molecular weight excluding hydrogens is 974 g/mol. The molecule has 0 spiro atoms. The van der Waals surface area contributed by atoms with E-state index in [2.05, 4.69) is 269 Å². The number of anilines is 9. The molecule has 14 rings (SSSR count). The second-order valence-corrected chi connectivity index (χ2v) is 28.7. The second-order valence-electron chi connectivity index (χ2n) is 28.7. The van der Waals surface area contributed by atoms with Crippen LogP contribution in [0.4, 0.5) is 51.2 Å². The largest absolute Gasteiger partial charge is 0.468 e. The smallest absolute Gasteiger partial charge is 0.297 e. The van der Waals surface area contributed by atoms with Crippen LogP contribution in [0.1, 0.15) is 156 Å². The fraction of sp³-hybridized carbons (Fsp3) is 0.324. The van der Waals surface area contributed by atoms with E-state index in [9.17, 15) is 0 Å². The minimum Gasteiger partial charge on any atom is -0.468 e. The minimum absolute atomic E-state index is 0.00266. The van der Waals surface area contributed by atoms with E-state index in [0.717, 1.165) is 104 Å². The van der Waals surface area contributed by atoms with Gasteiger partial charge in [-0.15, -0.1) is 0 Å². The lowest BCUT2D eigenvalue weighted by atomic mass is 9.35. The standard InChI is InChI=1S/C74H76BN3O2/c1-69(2,3)45-24-27-48(28-25-45)77-60-32-26-46(70(4,5)6)38-59(60)75-66-61(77)41-51(76(47-20-16-15-17-21-47)49-30-33-64-53(39-49)52-22-18-19-23-63(52)79-64)42-62(66)78(50-29-31-55-56(40-50)72(9,10)35-34-71(55,7)8)67-54-43-57-58(44-65(54)80-68(67)75)74(13,14)37-36-73(57,11)12/h15-33,38-44H,34-37H2,1-14H3. The first kappa shape index (κ1) is 50.8. The molecule has 0 fully saturated rings. The maximum Gasteiger partial charge on any atom is 0.297 e. The van der Waals surface area contributed by atoms with Gasteiger partial charge in [0.25, 0.3) is 6.71 Å². The van der Waals surface area contributed by atoms with E-state index in [0.29, 0.717) is 0 Å². The van der Waals surface area contributed by atoms with Crippen LogP contribution >= 0.6 is 0 Å². The number of furan rings is 2. The lowest BCUT2D eigenvalue weighted by Crippen LogP contribution is -2.61. The van der Waals surface area contributed by atoms with Crippen LogP contribution in [0.25, 0.3) is 32.9 Å². The van der Waals surface area contributed by atoms with Crippen molar-refractivity contribution in [2.75, 3.05) is 14.7 Å². The van der Waals surface area contributed by atoms with Gasteiger partial charge in [0.05, 0.1) is 17.0 Å². The number of nitrogens with zero attached hydrogens (tertiary/aromatic N) is 3. The van der Waals surface area contributed by atoms with Gasteiger partial charge in [-0.3, -0.25) is 0 Å². The zero-order valence-corrected chi connectivity index (χ0v) is 49.6. The molecule has 0 amide bonds. The predicted molar refractivity (Wildman–Crippen MR) is 340 cm³/mol. The summed E-state index contributed by atoms with van der Waals surface area (Å²) in [4.78, 5) is 7.67. The number of benzene rings is 8. The molecule has 2 aliphatic heterocycles. The van der Waals surface area contributed by atoms with Crippen LogP contribution in [0, 0.1) is 0 Å². The van der Waals surface area contributed by atoms with Crippen molar-refractivity contribution in [3.05, 3.63) is 191 Å². The Balaban J connectivity index is 1.14. The molecule has 2 aliphatic carbocycles.